The summed E-state index contributed by atoms with van der Waals surface area (Å²) in [5.74, 6) is 1.23. The third-order valence-corrected chi connectivity index (χ3v) is 5.86. The Hall–Kier alpha value is -3.67. The van der Waals surface area contributed by atoms with Crippen LogP contribution in [0.1, 0.15) is 12.8 Å². The van der Waals surface area contributed by atoms with Gasteiger partial charge in [-0.05, 0) is 36.1 Å². The van der Waals surface area contributed by atoms with Gasteiger partial charge in [-0.1, -0.05) is 36.4 Å². The molecule has 8 heteroatoms. The van der Waals surface area contributed by atoms with Crippen LogP contribution >= 0.6 is 0 Å². The van der Waals surface area contributed by atoms with Gasteiger partial charge < -0.3 is 20.5 Å². The van der Waals surface area contributed by atoms with Crippen LogP contribution < -0.4 is 20.9 Å². The quantitative estimate of drug-likeness (QED) is 0.566. The zero-order valence-electron chi connectivity index (χ0n) is 18.6. The van der Waals surface area contributed by atoms with Crippen LogP contribution in [0.2, 0.25) is 0 Å². The van der Waals surface area contributed by atoms with Crippen molar-refractivity contribution < 1.29 is 9.84 Å². The number of nitrogens with zero attached hydrogens (tertiary/aromatic N) is 4. The monoisotopic (exact) mass is 445 g/mol. The summed E-state index contributed by atoms with van der Waals surface area (Å²) in [5.41, 5.74) is 8.99. The van der Waals surface area contributed by atoms with Crippen LogP contribution in [0, 0.1) is 6.57 Å². The molecule has 0 spiro atoms. The van der Waals surface area contributed by atoms with Gasteiger partial charge >= 0.3 is 0 Å². The molecule has 1 saturated heterocycles. The van der Waals surface area contributed by atoms with E-state index in [4.69, 9.17) is 27.1 Å². The van der Waals surface area contributed by atoms with Crippen LogP contribution in [0.4, 0.5) is 11.6 Å². The highest BCUT2D eigenvalue weighted by Gasteiger charge is 2.24. The molecule has 0 unspecified atom stereocenters. The molecular formula is C25H27N5O3. The molecule has 1 aromatic heterocycles. The molecule has 0 aliphatic carbocycles. The zero-order valence-corrected chi connectivity index (χ0v) is 18.6. The average Bonchev–Trinajstić information content (AvgIpc) is 2.85. The summed E-state index contributed by atoms with van der Waals surface area (Å²) in [4.78, 5) is 24.2. The second-order valence-electron chi connectivity index (χ2n) is 8.08. The lowest BCUT2D eigenvalue weighted by molar-refractivity contribution is 0.201. The molecule has 33 heavy (non-hydrogen) atoms. The third-order valence-electron chi connectivity index (χ3n) is 5.86. The summed E-state index contributed by atoms with van der Waals surface area (Å²) in [6, 6.07) is 14.5. The molecule has 3 aromatic rings. The molecule has 1 aliphatic rings. The molecule has 0 atom stereocenters. The van der Waals surface area contributed by atoms with Crippen LogP contribution in [0.15, 0.2) is 53.3 Å². The lowest BCUT2D eigenvalue weighted by atomic mass is 10.00. The molecule has 1 aliphatic heterocycles. The lowest BCUT2D eigenvalue weighted by Crippen LogP contribution is -2.42. The number of hydrogen-bond acceptors (Lipinski definition) is 6. The van der Waals surface area contributed by atoms with Crippen LogP contribution in [0.25, 0.3) is 27.2 Å². The van der Waals surface area contributed by atoms with E-state index < -0.39 is 0 Å². The largest absolute Gasteiger partial charge is 0.491 e. The van der Waals surface area contributed by atoms with E-state index in [9.17, 15) is 4.79 Å². The van der Waals surface area contributed by atoms with E-state index in [2.05, 4.69) is 9.74 Å². The highest BCUT2D eigenvalue weighted by atomic mass is 16.5. The molecule has 0 bridgehead atoms. The van der Waals surface area contributed by atoms with E-state index in [0.717, 1.165) is 37.1 Å². The second-order valence-corrected chi connectivity index (χ2v) is 8.08. The Balaban J connectivity index is 1.84. The molecule has 2 aromatic carbocycles. The Morgan fingerprint density at radius 3 is 2.36 bits per heavy atom. The highest BCUT2D eigenvalue weighted by molar-refractivity contribution is 5.81. The first-order valence-corrected chi connectivity index (χ1v) is 11.0. The molecule has 0 radical (unpaired) electrons. The summed E-state index contributed by atoms with van der Waals surface area (Å²) in [7, 11) is 1.74. The van der Waals surface area contributed by atoms with Crippen molar-refractivity contribution in [3.8, 4) is 28.1 Å². The third kappa shape index (κ3) is 4.75. The number of aliphatic hydroxyl groups excluding tert-OH is 1. The summed E-state index contributed by atoms with van der Waals surface area (Å²) in [6.45, 7) is 8.84. The number of aromatic nitrogens is 2. The number of piperidine rings is 1. The van der Waals surface area contributed by atoms with Crippen LogP contribution in [0.5, 0.6) is 5.75 Å². The molecule has 0 saturated carbocycles. The van der Waals surface area contributed by atoms with E-state index in [-0.39, 0.29) is 24.8 Å². The predicted molar refractivity (Wildman–Crippen MR) is 129 cm³/mol. The Kier molecular flexibility index (Phi) is 6.73. The van der Waals surface area contributed by atoms with Gasteiger partial charge in [0.05, 0.1) is 24.4 Å². The Bertz CT molecular complexity index is 1210. The summed E-state index contributed by atoms with van der Waals surface area (Å²) in [6.07, 6.45) is 1.70. The Morgan fingerprint density at radius 2 is 1.76 bits per heavy atom. The van der Waals surface area contributed by atoms with Crippen molar-refractivity contribution in [3.63, 3.8) is 0 Å². The smallest absolute Gasteiger partial charge is 0.263 e. The van der Waals surface area contributed by atoms with Gasteiger partial charge in [0.1, 0.15) is 12.4 Å². The number of benzene rings is 2. The van der Waals surface area contributed by atoms with Gasteiger partial charge in [-0.2, -0.15) is 0 Å². The minimum absolute atomic E-state index is 0.0696. The second kappa shape index (κ2) is 9.86. The van der Waals surface area contributed by atoms with Crippen molar-refractivity contribution >= 4 is 11.6 Å². The van der Waals surface area contributed by atoms with Gasteiger partial charge in [0.25, 0.3) is 5.56 Å². The van der Waals surface area contributed by atoms with E-state index >= 15 is 0 Å². The average molecular weight is 446 g/mol. The maximum absolute atomic E-state index is 13.6. The fourth-order valence-corrected chi connectivity index (χ4v) is 4.02. The molecule has 8 nitrogen and oxygen atoms in total. The Morgan fingerprint density at radius 1 is 1.12 bits per heavy atom. The number of rotatable bonds is 6. The zero-order chi connectivity index (χ0) is 23.4. The molecule has 170 valence electrons. The SMILES string of the molecule is [C-]#[N+]c1ccc(-c2nc(N3CCC(N)CC3)n(C)c(=O)c2-c2ccc(OCCO)cc2)cc1. The Labute approximate surface area is 192 Å². The topological polar surface area (TPSA) is 98.0 Å². The van der Waals surface area contributed by atoms with Gasteiger partial charge in [0.2, 0.25) is 5.95 Å². The maximum atomic E-state index is 13.6. The van der Waals surface area contributed by atoms with Crippen molar-refractivity contribution in [2.24, 2.45) is 12.8 Å². The molecule has 1 fully saturated rings. The van der Waals surface area contributed by atoms with Crippen molar-refractivity contribution in [2.45, 2.75) is 18.9 Å². The maximum Gasteiger partial charge on any atom is 0.263 e. The van der Waals surface area contributed by atoms with E-state index in [1.807, 2.05) is 24.3 Å². The number of ether oxygens (including phenoxy) is 1. The first-order valence-electron chi connectivity index (χ1n) is 11.0. The summed E-state index contributed by atoms with van der Waals surface area (Å²) in [5, 5.41) is 8.97. The van der Waals surface area contributed by atoms with Crippen molar-refractivity contribution in [3.05, 3.63) is 70.3 Å². The molecule has 2 heterocycles. The minimum Gasteiger partial charge on any atom is -0.491 e. The first kappa shape index (κ1) is 22.5. The van der Waals surface area contributed by atoms with Crippen LogP contribution in [0.3, 0.4) is 0 Å². The molecule has 3 N–H and O–H groups in total. The fraction of sp³-hybridized carbons (Fsp3) is 0.320. The molecular weight excluding hydrogens is 418 g/mol. The standard InChI is InChI=1S/C25H27N5O3/c1-27-20-7-3-18(4-8-20)23-22(17-5-9-21(10-6-17)33-16-15-31)24(32)29(2)25(28-23)30-13-11-19(26)12-14-30/h3-10,19,31H,11-16,26H2,2H3. The van der Waals surface area contributed by atoms with Crippen LogP contribution in [-0.4, -0.2) is 47.0 Å². The van der Waals surface area contributed by atoms with Crippen molar-refractivity contribution in [2.75, 3.05) is 31.2 Å². The van der Waals surface area contributed by atoms with Gasteiger partial charge in [-0.15, -0.1) is 0 Å². The number of nitrogens with two attached hydrogens (primary N) is 1. The first-order chi connectivity index (χ1) is 16.0. The molecule has 0 amide bonds. The van der Waals surface area contributed by atoms with E-state index in [0.29, 0.717) is 28.6 Å². The van der Waals surface area contributed by atoms with Gasteiger partial charge in [-0.3, -0.25) is 9.36 Å². The van der Waals surface area contributed by atoms with Crippen molar-refractivity contribution in [1.29, 1.82) is 0 Å². The molecule has 4 rings (SSSR count). The summed E-state index contributed by atoms with van der Waals surface area (Å²) >= 11 is 0. The lowest BCUT2D eigenvalue weighted by Gasteiger charge is -2.32. The number of hydrogen-bond donors (Lipinski definition) is 2. The van der Waals surface area contributed by atoms with Gasteiger partial charge in [-0.25, -0.2) is 9.83 Å². The number of anilines is 1. The van der Waals surface area contributed by atoms with E-state index in [1.54, 1.807) is 35.9 Å². The normalized spacial score (nSPS) is 14.2. The highest BCUT2D eigenvalue weighted by Crippen LogP contribution is 2.32. The van der Waals surface area contributed by atoms with Gasteiger partial charge in [0, 0.05) is 26.2 Å². The van der Waals surface area contributed by atoms with E-state index in [1.165, 1.54) is 0 Å². The van der Waals surface area contributed by atoms with Crippen LogP contribution in [-0.2, 0) is 7.05 Å². The predicted octanol–water partition coefficient (Wildman–Crippen LogP) is 2.96. The van der Waals surface area contributed by atoms with Crippen molar-refractivity contribution in [1.82, 2.24) is 9.55 Å². The fourth-order valence-electron chi connectivity index (χ4n) is 4.02. The number of aliphatic hydroxyl groups is 1. The summed E-state index contributed by atoms with van der Waals surface area (Å²) < 4.78 is 7.05. The minimum atomic E-state index is -0.150. The van der Waals surface area contributed by atoms with Gasteiger partial charge in [0.15, 0.2) is 5.69 Å².